The number of hydrogen-bond donors (Lipinski definition) is 1. The van der Waals surface area contributed by atoms with Crippen molar-refractivity contribution in [1.82, 2.24) is 10.2 Å². The van der Waals surface area contributed by atoms with E-state index in [9.17, 15) is 0 Å². The Bertz CT molecular complexity index is 164. The molecule has 0 spiro atoms. The summed E-state index contributed by atoms with van der Waals surface area (Å²) in [5, 5.41) is 3.19. The van der Waals surface area contributed by atoms with Crippen molar-refractivity contribution >= 4 is 0 Å². The van der Waals surface area contributed by atoms with Crippen LogP contribution in [0.2, 0.25) is 0 Å². The summed E-state index contributed by atoms with van der Waals surface area (Å²) in [6.45, 7) is 8.82. The number of rotatable bonds is 6. The van der Waals surface area contributed by atoms with Gasteiger partial charge in [-0.1, -0.05) is 6.42 Å². The number of hydrogen-bond acceptors (Lipinski definition) is 3. The van der Waals surface area contributed by atoms with Crippen molar-refractivity contribution < 1.29 is 4.74 Å². The van der Waals surface area contributed by atoms with Crippen LogP contribution in [0.1, 0.15) is 33.1 Å². The highest BCUT2D eigenvalue weighted by Crippen LogP contribution is 2.12. The van der Waals surface area contributed by atoms with Crippen LogP contribution in [-0.4, -0.2) is 50.3 Å². The van der Waals surface area contributed by atoms with E-state index in [0.29, 0.717) is 12.1 Å². The van der Waals surface area contributed by atoms with E-state index in [-0.39, 0.29) is 0 Å². The molecule has 1 aliphatic rings. The molecule has 1 N–H and O–H groups in total. The molecular weight excluding hydrogens is 188 g/mol. The zero-order valence-electron chi connectivity index (χ0n) is 10.5. The summed E-state index contributed by atoms with van der Waals surface area (Å²) in [5.74, 6) is 0. The fourth-order valence-electron chi connectivity index (χ4n) is 2.08. The molecule has 2 atom stereocenters. The maximum absolute atomic E-state index is 5.61. The molecule has 0 amide bonds. The molecule has 1 heterocycles. The van der Waals surface area contributed by atoms with E-state index in [0.717, 1.165) is 19.7 Å². The fraction of sp³-hybridized carbons (Fsp3) is 1.00. The van der Waals surface area contributed by atoms with Crippen LogP contribution < -0.4 is 5.32 Å². The Morgan fingerprint density at radius 2 is 2.07 bits per heavy atom. The molecule has 3 heteroatoms. The van der Waals surface area contributed by atoms with Crippen LogP contribution in [0.25, 0.3) is 0 Å². The van der Waals surface area contributed by atoms with Gasteiger partial charge in [0.15, 0.2) is 0 Å². The topological polar surface area (TPSA) is 24.5 Å². The Hall–Kier alpha value is -0.120. The zero-order chi connectivity index (χ0) is 11.1. The predicted molar refractivity (Wildman–Crippen MR) is 64.2 cm³/mol. The van der Waals surface area contributed by atoms with Crippen molar-refractivity contribution in [3.8, 4) is 0 Å². The monoisotopic (exact) mass is 214 g/mol. The highest BCUT2D eigenvalue weighted by Gasteiger charge is 2.22. The second-order valence-corrected chi connectivity index (χ2v) is 4.65. The van der Waals surface area contributed by atoms with Crippen LogP contribution in [0.15, 0.2) is 0 Å². The summed E-state index contributed by atoms with van der Waals surface area (Å²) in [6.07, 6.45) is 4.36. The quantitative estimate of drug-likeness (QED) is 0.678. The minimum absolute atomic E-state index is 0.415. The average molecular weight is 214 g/mol. The molecule has 0 saturated carbocycles. The third-order valence-corrected chi connectivity index (χ3v) is 3.11. The number of ether oxygens (including phenoxy) is 1. The molecule has 0 aromatic rings. The van der Waals surface area contributed by atoms with Gasteiger partial charge in [-0.25, -0.2) is 0 Å². The van der Waals surface area contributed by atoms with Gasteiger partial charge in [0, 0.05) is 12.6 Å². The molecular formula is C12H26N2O. The summed E-state index contributed by atoms with van der Waals surface area (Å²) in [4.78, 5) is 2.56. The van der Waals surface area contributed by atoms with E-state index in [1.165, 1.54) is 25.8 Å². The van der Waals surface area contributed by atoms with Crippen LogP contribution in [0.5, 0.6) is 0 Å². The van der Waals surface area contributed by atoms with Gasteiger partial charge in [-0.15, -0.1) is 0 Å². The van der Waals surface area contributed by atoms with Crippen molar-refractivity contribution in [3.05, 3.63) is 0 Å². The summed E-state index contributed by atoms with van der Waals surface area (Å²) in [7, 11) is 2.02. The Kier molecular flexibility index (Phi) is 6.22. The van der Waals surface area contributed by atoms with E-state index in [1.807, 2.05) is 7.05 Å². The van der Waals surface area contributed by atoms with E-state index < -0.39 is 0 Å². The largest absolute Gasteiger partial charge is 0.376 e. The minimum atomic E-state index is 0.415. The lowest BCUT2D eigenvalue weighted by Crippen LogP contribution is -2.47. The zero-order valence-corrected chi connectivity index (χ0v) is 10.5. The molecule has 0 radical (unpaired) electrons. The summed E-state index contributed by atoms with van der Waals surface area (Å²) in [6, 6.07) is 0.602. The molecule has 15 heavy (non-hydrogen) atoms. The van der Waals surface area contributed by atoms with Gasteiger partial charge in [-0.2, -0.15) is 0 Å². The lowest BCUT2D eigenvalue weighted by atomic mass is 10.1. The van der Waals surface area contributed by atoms with Gasteiger partial charge in [0.2, 0.25) is 0 Å². The van der Waals surface area contributed by atoms with Crippen LogP contribution in [-0.2, 0) is 4.74 Å². The summed E-state index contributed by atoms with van der Waals surface area (Å²) < 4.78 is 5.61. The first-order valence-corrected chi connectivity index (χ1v) is 6.24. The smallest absolute Gasteiger partial charge is 0.0674 e. The second-order valence-electron chi connectivity index (χ2n) is 4.65. The highest BCUT2D eigenvalue weighted by atomic mass is 16.5. The standard InChI is InChI=1S/C12H26N2O/c1-11-10-15-12(2)9-14(11)8-6-4-5-7-13-3/h11-13H,4-10H2,1-3H3. The van der Waals surface area contributed by atoms with E-state index in [2.05, 4.69) is 24.1 Å². The second kappa shape index (κ2) is 7.20. The maximum atomic E-state index is 5.61. The third kappa shape index (κ3) is 4.96. The number of unbranched alkanes of at least 4 members (excludes halogenated alkanes) is 2. The predicted octanol–water partition coefficient (Wildman–Crippen LogP) is 1.49. The number of nitrogens with one attached hydrogen (secondary N) is 1. The lowest BCUT2D eigenvalue weighted by molar-refractivity contribution is -0.0496. The van der Waals surface area contributed by atoms with Crippen molar-refractivity contribution in [2.75, 3.05) is 33.3 Å². The molecule has 3 nitrogen and oxygen atoms in total. The van der Waals surface area contributed by atoms with Gasteiger partial charge in [-0.3, -0.25) is 4.90 Å². The van der Waals surface area contributed by atoms with E-state index >= 15 is 0 Å². The van der Waals surface area contributed by atoms with Crippen molar-refractivity contribution in [3.63, 3.8) is 0 Å². The molecule has 0 aromatic carbocycles. The summed E-state index contributed by atoms with van der Waals surface area (Å²) in [5.41, 5.74) is 0. The van der Waals surface area contributed by atoms with Crippen LogP contribution in [0, 0.1) is 0 Å². The first-order chi connectivity index (χ1) is 7.24. The molecule has 90 valence electrons. The normalized spacial score (nSPS) is 28.2. The lowest BCUT2D eigenvalue weighted by Gasteiger charge is -2.36. The van der Waals surface area contributed by atoms with Crippen LogP contribution in [0.4, 0.5) is 0 Å². The number of morpholine rings is 1. The van der Waals surface area contributed by atoms with Crippen LogP contribution in [0.3, 0.4) is 0 Å². The van der Waals surface area contributed by atoms with Crippen molar-refractivity contribution in [2.24, 2.45) is 0 Å². The van der Waals surface area contributed by atoms with Gasteiger partial charge in [0.1, 0.15) is 0 Å². The third-order valence-electron chi connectivity index (χ3n) is 3.11. The molecule has 0 bridgehead atoms. The van der Waals surface area contributed by atoms with Gasteiger partial charge in [-0.05, 0) is 46.8 Å². The van der Waals surface area contributed by atoms with E-state index in [1.54, 1.807) is 0 Å². The molecule has 1 rings (SSSR count). The van der Waals surface area contributed by atoms with Crippen molar-refractivity contribution in [2.45, 2.75) is 45.3 Å². The molecule has 0 aromatic heterocycles. The maximum Gasteiger partial charge on any atom is 0.0674 e. The highest BCUT2D eigenvalue weighted by molar-refractivity contribution is 4.74. The minimum Gasteiger partial charge on any atom is -0.376 e. The molecule has 2 unspecified atom stereocenters. The Labute approximate surface area is 94.2 Å². The Balaban J connectivity index is 2.08. The van der Waals surface area contributed by atoms with E-state index in [4.69, 9.17) is 4.74 Å². The summed E-state index contributed by atoms with van der Waals surface area (Å²) >= 11 is 0. The van der Waals surface area contributed by atoms with Gasteiger partial charge in [0.25, 0.3) is 0 Å². The first kappa shape index (κ1) is 12.9. The fourth-order valence-corrected chi connectivity index (χ4v) is 2.08. The van der Waals surface area contributed by atoms with Gasteiger partial charge < -0.3 is 10.1 Å². The Morgan fingerprint density at radius 3 is 2.80 bits per heavy atom. The molecule has 1 saturated heterocycles. The first-order valence-electron chi connectivity index (χ1n) is 6.24. The van der Waals surface area contributed by atoms with Crippen molar-refractivity contribution in [1.29, 1.82) is 0 Å². The molecule has 1 aliphatic heterocycles. The number of nitrogens with zero attached hydrogens (tertiary/aromatic N) is 1. The Morgan fingerprint density at radius 1 is 1.27 bits per heavy atom. The molecule has 1 fully saturated rings. The SMILES string of the molecule is CNCCCCCN1CC(C)OCC1C. The molecule has 0 aliphatic carbocycles. The van der Waals surface area contributed by atoms with Crippen LogP contribution >= 0.6 is 0 Å². The van der Waals surface area contributed by atoms with Gasteiger partial charge >= 0.3 is 0 Å². The average Bonchev–Trinajstić information content (AvgIpc) is 2.23. The van der Waals surface area contributed by atoms with Gasteiger partial charge in [0.05, 0.1) is 12.7 Å².